The number of carbonyl (C=O) groups excluding carboxylic acids is 1. The lowest BCUT2D eigenvalue weighted by atomic mass is 9.98. The minimum atomic E-state index is -2.90. The van der Waals surface area contributed by atoms with Crippen LogP contribution in [0.15, 0.2) is 90.1 Å². The van der Waals surface area contributed by atoms with Gasteiger partial charge < -0.3 is 15.9 Å². The minimum absolute atomic E-state index is 0.0260. The molecule has 0 saturated heterocycles. The molecule has 0 aliphatic rings. The Morgan fingerprint density at radius 2 is 1.51 bits per heavy atom. The Balaban J connectivity index is 1.47. The summed E-state index contributed by atoms with van der Waals surface area (Å²) in [4.78, 5) is 13.1. The SMILES string of the molecule is CC(Sc1nnc(-c2ccc(OC(F)F)cc2)n1N)C(=O)NC(c1ccccc1)c1ccccc1. The summed E-state index contributed by atoms with van der Waals surface area (Å²) in [6.45, 7) is -1.14. The van der Waals surface area contributed by atoms with E-state index in [9.17, 15) is 13.6 Å². The minimum Gasteiger partial charge on any atom is -0.435 e. The lowest BCUT2D eigenvalue weighted by molar-refractivity contribution is -0.120. The lowest BCUT2D eigenvalue weighted by Crippen LogP contribution is -2.35. The number of hydrogen-bond acceptors (Lipinski definition) is 6. The Kier molecular flexibility index (Phi) is 7.61. The van der Waals surface area contributed by atoms with Crippen LogP contribution < -0.4 is 15.9 Å². The van der Waals surface area contributed by atoms with Gasteiger partial charge in [-0.15, -0.1) is 10.2 Å². The highest BCUT2D eigenvalue weighted by molar-refractivity contribution is 8.00. The highest BCUT2D eigenvalue weighted by Crippen LogP contribution is 2.28. The van der Waals surface area contributed by atoms with Crippen LogP contribution in [0.2, 0.25) is 0 Å². The van der Waals surface area contributed by atoms with E-state index in [1.807, 2.05) is 60.7 Å². The molecule has 10 heteroatoms. The van der Waals surface area contributed by atoms with E-state index >= 15 is 0 Å². The van der Waals surface area contributed by atoms with Crippen molar-refractivity contribution >= 4 is 17.7 Å². The zero-order chi connectivity index (χ0) is 24.8. The molecule has 1 aromatic heterocycles. The van der Waals surface area contributed by atoms with Crippen molar-refractivity contribution < 1.29 is 18.3 Å². The summed E-state index contributed by atoms with van der Waals surface area (Å²) in [6.07, 6.45) is 0. The fraction of sp³-hybridized carbons (Fsp3) is 0.160. The molecule has 3 N–H and O–H groups in total. The van der Waals surface area contributed by atoms with E-state index in [0.29, 0.717) is 16.5 Å². The van der Waals surface area contributed by atoms with E-state index in [4.69, 9.17) is 5.84 Å². The number of nitrogens with one attached hydrogen (secondary N) is 1. The standard InChI is InChI=1S/C25H23F2N5O2S/c1-16(23(33)29-21(17-8-4-2-5-9-17)18-10-6-3-7-11-18)35-25-31-30-22(32(25)28)19-12-14-20(15-13-19)34-24(26)27/h2-16,21,24H,28H2,1H3,(H,29,33). The van der Waals surface area contributed by atoms with Crippen LogP contribution in [0.5, 0.6) is 5.75 Å². The second-order valence-electron chi connectivity index (χ2n) is 7.60. The Morgan fingerprint density at radius 3 is 2.06 bits per heavy atom. The number of carbonyl (C=O) groups is 1. The maximum Gasteiger partial charge on any atom is 0.387 e. The van der Waals surface area contributed by atoms with E-state index in [1.165, 1.54) is 28.6 Å². The van der Waals surface area contributed by atoms with Crippen LogP contribution in [0.25, 0.3) is 11.4 Å². The van der Waals surface area contributed by atoms with Gasteiger partial charge in [-0.1, -0.05) is 72.4 Å². The first kappa shape index (κ1) is 24.2. The second-order valence-corrected chi connectivity index (χ2v) is 8.91. The van der Waals surface area contributed by atoms with Crippen LogP contribution >= 0.6 is 11.8 Å². The number of ether oxygens (including phenoxy) is 1. The van der Waals surface area contributed by atoms with E-state index in [1.54, 1.807) is 19.1 Å². The molecule has 7 nitrogen and oxygen atoms in total. The van der Waals surface area contributed by atoms with Crippen LogP contribution in [0.1, 0.15) is 24.1 Å². The first-order valence-corrected chi connectivity index (χ1v) is 11.6. The van der Waals surface area contributed by atoms with Gasteiger partial charge in [-0.3, -0.25) is 4.79 Å². The number of amides is 1. The van der Waals surface area contributed by atoms with E-state index in [2.05, 4.69) is 20.3 Å². The van der Waals surface area contributed by atoms with Gasteiger partial charge in [0, 0.05) is 5.56 Å². The molecule has 3 aromatic carbocycles. The third-order valence-corrected chi connectivity index (χ3v) is 6.26. The van der Waals surface area contributed by atoms with Crippen LogP contribution in [0.4, 0.5) is 8.78 Å². The third-order valence-electron chi connectivity index (χ3n) is 5.21. The van der Waals surface area contributed by atoms with E-state index in [0.717, 1.165) is 11.1 Å². The molecule has 1 heterocycles. The fourth-order valence-corrected chi connectivity index (χ4v) is 4.24. The van der Waals surface area contributed by atoms with Crippen molar-refractivity contribution in [1.29, 1.82) is 0 Å². The van der Waals surface area contributed by atoms with E-state index < -0.39 is 11.9 Å². The monoisotopic (exact) mass is 495 g/mol. The fourth-order valence-electron chi connectivity index (χ4n) is 3.46. The number of aromatic nitrogens is 3. The third kappa shape index (κ3) is 5.96. The number of nitrogens with zero attached hydrogens (tertiary/aromatic N) is 3. The zero-order valence-electron chi connectivity index (χ0n) is 18.7. The molecular weight excluding hydrogens is 472 g/mol. The normalized spacial score (nSPS) is 12.0. The molecule has 1 amide bonds. The zero-order valence-corrected chi connectivity index (χ0v) is 19.5. The summed E-state index contributed by atoms with van der Waals surface area (Å²) in [5.41, 5.74) is 2.50. The summed E-state index contributed by atoms with van der Waals surface area (Å²) in [7, 11) is 0. The van der Waals surface area contributed by atoms with Crippen molar-refractivity contribution in [1.82, 2.24) is 20.2 Å². The Bertz CT molecular complexity index is 1210. The molecule has 1 atom stereocenters. The number of rotatable bonds is 9. The summed E-state index contributed by atoms with van der Waals surface area (Å²) < 4.78 is 30.4. The van der Waals surface area contributed by atoms with Crippen molar-refractivity contribution in [3.8, 4) is 17.1 Å². The Hall–Kier alpha value is -3.92. The number of thioether (sulfide) groups is 1. The number of alkyl halides is 2. The first-order valence-electron chi connectivity index (χ1n) is 10.7. The molecule has 0 radical (unpaired) electrons. The Morgan fingerprint density at radius 1 is 0.943 bits per heavy atom. The molecule has 0 bridgehead atoms. The topological polar surface area (TPSA) is 95.1 Å². The van der Waals surface area contributed by atoms with Crippen molar-refractivity contribution in [3.05, 3.63) is 96.1 Å². The molecule has 180 valence electrons. The van der Waals surface area contributed by atoms with Crippen molar-refractivity contribution in [3.63, 3.8) is 0 Å². The van der Waals surface area contributed by atoms with Gasteiger partial charge >= 0.3 is 6.61 Å². The highest BCUT2D eigenvalue weighted by Gasteiger charge is 2.24. The van der Waals surface area contributed by atoms with Crippen molar-refractivity contribution in [2.24, 2.45) is 0 Å². The van der Waals surface area contributed by atoms with Gasteiger partial charge in [0.1, 0.15) is 5.75 Å². The van der Waals surface area contributed by atoms with Crippen LogP contribution in [0.3, 0.4) is 0 Å². The van der Waals surface area contributed by atoms with Gasteiger partial charge in [0.05, 0.1) is 11.3 Å². The van der Waals surface area contributed by atoms with Gasteiger partial charge in [0.25, 0.3) is 0 Å². The number of nitrogen functional groups attached to an aromatic ring is 1. The molecule has 0 spiro atoms. The number of hydrogen-bond donors (Lipinski definition) is 2. The maximum absolute atomic E-state index is 13.1. The summed E-state index contributed by atoms with van der Waals surface area (Å²) in [5.74, 6) is 6.34. The number of benzene rings is 3. The number of halogens is 2. The largest absolute Gasteiger partial charge is 0.435 e. The van der Waals surface area contributed by atoms with Gasteiger partial charge in [0.15, 0.2) is 5.82 Å². The molecule has 0 saturated carbocycles. The summed E-state index contributed by atoms with van der Waals surface area (Å²) >= 11 is 1.17. The van der Waals surface area contributed by atoms with Crippen molar-refractivity contribution in [2.45, 2.75) is 30.0 Å². The predicted octanol–water partition coefficient (Wildman–Crippen LogP) is 4.65. The molecule has 4 aromatic rings. The van der Waals surface area contributed by atoms with Gasteiger partial charge in [-0.25, -0.2) is 4.68 Å². The van der Waals surface area contributed by atoms with Gasteiger partial charge in [0.2, 0.25) is 11.1 Å². The lowest BCUT2D eigenvalue weighted by Gasteiger charge is -2.22. The van der Waals surface area contributed by atoms with Gasteiger partial charge in [-0.2, -0.15) is 8.78 Å². The molecule has 0 fully saturated rings. The maximum atomic E-state index is 13.1. The van der Waals surface area contributed by atoms with Crippen LogP contribution in [0, 0.1) is 0 Å². The molecule has 4 rings (SSSR count). The Labute approximate surface area is 205 Å². The van der Waals surface area contributed by atoms with Crippen molar-refractivity contribution in [2.75, 3.05) is 5.84 Å². The smallest absolute Gasteiger partial charge is 0.387 e. The molecular formula is C25H23F2N5O2S. The summed E-state index contributed by atoms with van der Waals surface area (Å²) in [6, 6.07) is 25.0. The number of nitrogens with two attached hydrogens (primary N) is 1. The highest BCUT2D eigenvalue weighted by atomic mass is 32.2. The van der Waals surface area contributed by atoms with Crippen LogP contribution in [-0.2, 0) is 4.79 Å². The summed E-state index contributed by atoms with van der Waals surface area (Å²) in [5, 5.41) is 11.1. The quantitative estimate of drug-likeness (QED) is 0.259. The van der Waals surface area contributed by atoms with Gasteiger partial charge in [-0.05, 0) is 42.3 Å². The average Bonchev–Trinajstić information content (AvgIpc) is 3.23. The van der Waals surface area contributed by atoms with E-state index in [-0.39, 0.29) is 17.7 Å². The van der Waals surface area contributed by atoms with Crippen LogP contribution in [-0.4, -0.2) is 32.6 Å². The molecule has 35 heavy (non-hydrogen) atoms. The molecule has 1 unspecified atom stereocenters. The average molecular weight is 496 g/mol. The first-order chi connectivity index (χ1) is 16.9. The molecule has 0 aliphatic carbocycles. The second kappa shape index (κ2) is 11.0. The predicted molar refractivity (Wildman–Crippen MR) is 130 cm³/mol. The molecule has 0 aliphatic heterocycles.